The van der Waals surface area contributed by atoms with E-state index in [1.807, 2.05) is 51.3 Å². The number of esters is 2. The Bertz CT molecular complexity index is 1460. The average molecular weight is 787 g/mol. The summed E-state index contributed by atoms with van der Waals surface area (Å²) in [6.07, 6.45) is -2.85. The van der Waals surface area contributed by atoms with Crippen molar-refractivity contribution in [2.24, 2.45) is 0 Å². The lowest BCUT2D eigenvalue weighted by Gasteiger charge is -2.30. The first kappa shape index (κ1) is 46.9. The van der Waals surface area contributed by atoms with Crippen molar-refractivity contribution in [1.82, 2.24) is 20.4 Å². The second-order valence-corrected chi connectivity index (χ2v) is 15.2. The molecule has 4 atom stereocenters. The lowest BCUT2D eigenvalue weighted by Crippen LogP contribution is -2.45. The van der Waals surface area contributed by atoms with Crippen molar-refractivity contribution in [3.05, 3.63) is 71.8 Å². The van der Waals surface area contributed by atoms with Crippen molar-refractivity contribution in [3.63, 3.8) is 0 Å². The molecular formula is C40H58N4O12. The number of nitrogens with zero attached hydrogens (tertiary/aromatic N) is 2. The van der Waals surface area contributed by atoms with Gasteiger partial charge in [-0.3, -0.25) is 0 Å². The van der Waals surface area contributed by atoms with E-state index in [0.29, 0.717) is 0 Å². The molecular weight excluding hydrogens is 728 g/mol. The van der Waals surface area contributed by atoms with E-state index < -0.39 is 47.3 Å². The molecule has 2 aliphatic heterocycles. The van der Waals surface area contributed by atoms with Gasteiger partial charge in [0.05, 0.1) is 11.1 Å². The van der Waals surface area contributed by atoms with Gasteiger partial charge >= 0.3 is 36.1 Å². The van der Waals surface area contributed by atoms with Crippen molar-refractivity contribution >= 4 is 36.1 Å². The zero-order valence-electron chi connectivity index (χ0n) is 33.6. The number of nitrogens with one attached hydrogen (secondary N) is 2. The third-order valence-electron chi connectivity index (χ3n) is 8.11. The Morgan fingerprint density at radius 2 is 0.911 bits per heavy atom. The van der Waals surface area contributed by atoms with Crippen LogP contribution in [0.2, 0.25) is 0 Å². The fourth-order valence-electron chi connectivity index (χ4n) is 5.21. The molecule has 0 spiro atoms. The molecule has 0 bridgehead atoms. The minimum absolute atomic E-state index is 0.0253. The number of amides is 2. The zero-order valence-corrected chi connectivity index (χ0v) is 33.6. The minimum atomic E-state index is -2.21. The molecule has 2 amide bonds. The highest BCUT2D eigenvalue weighted by Crippen LogP contribution is 2.16. The number of hydrogen-bond acceptors (Lipinski definition) is 12. The maximum Gasteiger partial charge on any atom is 0.410 e. The van der Waals surface area contributed by atoms with Crippen LogP contribution in [0, 0.1) is 0 Å². The predicted molar refractivity (Wildman–Crippen MR) is 206 cm³/mol. The maximum absolute atomic E-state index is 12.0. The summed E-state index contributed by atoms with van der Waals surface area (Å²) < 4.78 is 20.2. The molecule has 2 aromatic rings. The molecule has 310 valence electrons. The summed E-state index contributed by atoms with van der Waals surface area (Å²) in [6.45, 7) is 20.6. The van der Waals surface area contributed by atoms with Gasteiger partial charge in [0.1, 0.15) is 11.2 Å². The van der Waals surface area contributed by atoms with Crippen LogP contribution in [-0.4, -0.2) is 131 Å². The highest BCUT2D eigenvalue weighted by molar-refractivity contribution is 5.95. The van der Waals surface area contributed by atoms with E-state index in [1.54, 1.807) is 12.1 Å². The largest absolute Gasteiger partial charge is 0.478 e. The Morgan fingerprint density at radius 3 is 1.20 bits per heavy atom. The Kier molecular flexibility index (Phi) is 18.7. The van der Waals surface area contributed by atoms with Crippen LogP contribution in [0.15, 0.2) is 60.7 Å². The van der Waals surface area contributed by atoms with Crippen molar-refractivity contribution in [2.75, 3.05) is 39.3 Å². The average Bonchev–Trinajstić information content (AvgIpc) is 3.48. The van der Waals surface area contributed by atoms with E-state index in [2.05, 4.69) is 24.5 Å². The summed E-state index contributed by atoms with van der Waals surface area (Å²) in [5, 5.41) is 25.0. The van der Waals surface area contributed by atoms with Crippen LogP contribution in [0.4, 0.5) is 9.59 Å². The van der Waals surface area contributed by atoms with Crippen LogP contribution in [0.5, 0.6) is 0 Å². The van der Waals surface area contributed by atoms with E-state index in [0.717, 1.165) is 52.1 Å². The van der Waals surface area contributed by atoms with Gasteiger partial charge in [0.2, 0.25) is 12.2 Å². The van der Waals surface area contributed by atoms with E-state index in [4.69, 9.17) is 18.9 Å². The van der Waals surface area contributed by atoms with Crippen LogP contribution in [0.3, 0.4) is 0 Å². The Balaban J connectivity index is 0.000000310. The van der Waals surface area contributed by atoms with Crippen molar-refractivity contribution in [1.29, 1.82) is 0 Å². The molecule has 0 aliphatic carbocycles. The van der Waals surface area contributed by atoms with E-state index in [9.17, 15) is 39.0 Å². The van der Waals surface area contributed by atoms with Gasteiger partial charge < -0.3 is 49.6 Å². The fourth-order valence-corrected chi connectivity index (χ4v) is 5.21. The standard InChI is InChI=1S/C18H14O8.2C11H22N2O2/c19-15(20)13(25-17(23)11-7-3-1-4-8-11)14(16(21)22)26-18(24)12-9-5-2-6-10-12;2*1-9-5-6-12-7-8-13(9)10(14)15-11(2,3)4/h1-10,13-14H,(H,19,20)(H,21,22);2*9,12H,5-8H2,1-4H3/t13-,14-;2*9-/m011/s1. The molecule has 2 fully saturated rings. The molecule has 56 heavy (non-hydrogen) atoms. The number of carboxylic acids is 2. The highest BCUT2D eigenvalue weighted by Gasteiger charge is 2.41. The smallest absolute Gasteiger partial charge is 0.410 e. The van der Waals surface area contributed by atoms with Gasteiger partial charge in [-0.25, -0.2) is 28.8 Å². The molecule has 4 rings (SSSR count). The number of carboxylic acid groups (broad SMARTS) is 2. The van der Waals surface area contributed by atoms with Gasteiger partial charge in [-0.2, -0.15) is 0 Å². The summed E-state index contributed by atoms with van der Waals surface area (Å²) >= 11 is 0. The van der Waals surface area contributed by atoms with Crippen LogP contribution in [-0.2, 0) is 28.5 Å². The van der Waals surface area contributed by atoms with E-state index in [-0.39, 0.29) is 35.4 Å². The minimum Gasteiger partial charge on any atom is -0.478 e. The first-order chi connectivity index (χ1) is 26.2. The van der Waals surface area contributed by atoms with Gasteiger partial charge in [-0.15, -0.1) is 0 Å². The Morgan fingerprint density at radius 1 is 0.589 bits per heavy atom. The number of benzene rings is 2. The third kappa shape index (κ3) is 17.1. The predicted octanol–water partition coefficient (Wildman–Crippen LogP) is 4.82. The number of carbonyl (C=O) groups is 6. The molecule has 0 radical (unpaired) electrons. The maximum atomic E-state index is 12.0. The van der Waals surface area contributed by atoms with Gasteiger partial charge in [-0.1, -0.05) is 36.4 Å². The third-order valence-corrected chi connectivity index (χ3v) is 8.11. The molecule has 0 unspecified atom stereocenters. The van der Waals surface area contributed by atoms with Crippen LogP contribution in [0.25, 0.3) is 0 Å². The van der Waals surface area contributed by atoms with Gasteiger partial charge in [0, 0.05) is 38.3 Å². The first-order valence-corrected chi connectivity index (χ1v) is 18.6. The second kappa shape index (κ2) is 22.4. The highest BCUT2D eigenvalue weighted by atomic mass is 16.6. The van der Waals surface area contributed by atoms with Crippen LogP contribution >= 0.6 is 0 Å². The monoisotopic (exact) mass is 786 g/mol. The second-order valence-electron chi connectivity index (χ2n) is 15.2. The quantitative estimate of drug-likeness (QED) is 0.219. The molecule has 2 saturated heterocycles. The van der Waals surface area contributed by atoms with Crippen molar-refractivity contribution in [3.8, 4) is 0 Å². The number of aliphatic carboxylic acids is 2. The van der Waals surface area contributed by atoms with Crippen molar-refractivity contribution in [2.45, 2.75) is 104 Å². The van der Waals surface area contributed by atoms with Gasteiger partial charge in [-0.05, 0) is 106 Å². The van der Waals surface area contributed by atoms with Crippen molar-refractivity contribution < 1.29 is 57.9 Å². The van der Waals surface area contributed by atoms with Crippen LogP contribution in [0.1, 0.15) is 88.9 Å². The number of hydrogen-bond donors (Lipinski definition) is 4. The normalized spacial score (nSPS) is 18.4. The molecule has 2 aliphatic rings. The van der Waals surface area contributed by atoms with Gasteiger partial charge in [0.25, 0.3) is 0 Å². The Labute approximate surface area is 328 Å². The lowest BCUT2D eigenvalue weighted by molar-refractivity contribution is -0.166. The molecule has 0 saturated carbocycles. The molecule has 2 heterocycles. The molecule has 16 nitrogen and oxygen atoms in total. The molecule has 4 N–H and O–H groups in total. The van der Waals surface area contributed by atoms with E-state index >= 15 is 0 Å². The SMILES string of the molecule is C[C@@H]1CCNCCN1C(=O)OC(C)(C)C.C[C@@H]1CCNCCN1C(=O)OC(C)(C)C.O=C(O[C@H](C(=O)O)[C@H](OC(=O)c1ccccc1)C(=O)O)c1ccccc1. The topological polar surface area (TPSA) is 210 Å². The summed E-state index contributed by atoms with van der Waals surface area (Å²) in [4.78, 5) is 74.2. The number of rotatable bonds is 7. The molecule has 16 heteroatoms. The summed E-state index contributed by atoms with van der Waals surface area (Å²) in [5.74, 6) is -5.63. The summed E-state index contributed by atoms with van der Waals surface area (Å²) in [5.41, 5.74) is -0.762. The zero-order chi connectivity index (χ0) is 42.1. The summed E-state index contributed by atoms with van der Waals surface area (Å²) in [6, 6.07) is 15.4. The molecule has 2 aromatic carbocycles. The number of ether oxygens (including phenoxy) is 4. The fraction of sp³-hybridized carbons (Fsp3) is 0.550. The van der Waals surface area contributed by atoms with Crippen LogP contribution < -0.4 is 10.6 Å². The van der Waals surface area contributed by atoms with E-state index in [1.165, 1.54) is 48.5 Å². The summed E-state index contributed by atoms with van der Waals surface area (Å²) in [7, 11) is 0. The molecule has 0 aromatic heterocycles. The first-order valence-electron chi connectivity index (χ1n) is 18.6. The lowest BCUT2D eigenvalue weighted by atomic mass is 10.1. The van der Waals surface area contributed by atoms with Gasteiger partial charge in [0.15, 0.2) is 0 Å². The Hall–Kier alpha value is -5.22. The number of carbonyl (C=O) groups excluding carboxylic acids is 4.